The van der Waals surface area contributed by atoms with Gasteiger partial charge >= 0.3 is 0 Å². The Morgan fingerprint density at radius 2 is 1.95 bits per heavy atom. The number of amides is 2. The Hall–Kier alpha value is -1.24. The van der Waals surface area contributed by atoms with E-state index in [1.807, 2.05) is 0 Å². The molecular formula is C15H24F2N2O3. The van der Waals surface area contributed by atoms with Gasteiger partial charge in [0.15, 0.2) is 0 Å². The van der Waals surface area contributed by atoms with Gasteiger partial charge in [0.05, 0.1) is 6.54 Å². The zero-order valence-electron chi connectivity index (χ0n) is 12.9. The summed E-state index contributed by atoms with van der Waals surface area (Å²) < 4.78 is 26.3. The summed E-state index contributed by atoms with van der Waals surface area (Å²) in [5, 5.41) is 9.69. The number of halogens is 2. The molecule has 1 unspecified atom stereocenters. The van der Waals surface area contributed by atoms with Crippen LogP contribution in [0.25, 0.3) is 0 Å². The van der Waals surface area contributed by atoms with Crippen LogP contribution in [0.3, 0.4) is 0 Å². The molecule has 0 bridgehead atoms. The molecule has 2 aliphatic rings. The van der Waals surface area contributed by atoms with Crippen molar-refractivity contribution in [2.45, 2.75) is 63.0 Å². The van der Waals surface area contributed by atoms with Crippen molar-refractivity contribution in [3.8, 4) is 0 Å². The number of nitrogens with zero attached hydrogens (tertiary/aromatic N) is 2. The second-order valence-corrected chi connectivity index (χ2v) is 6.36. The molecule has 1 atom stereocenters. The predicted molar refractivity (Wildman–Crippen MR) is 76.4 cm³/mol. The molecule has 7 heteroatoms. The minimum absolute atomic E-state index is 0.0840. The number of aliphatic hydroxyl groups is 1. The lowest BCUT2D eigenvalue weighted by molar-refractivity contribution is -0.146. The minimum atomic E-state index is -2.62. The monoisotopic (exact) mass is 318 g/mol. The van der Waals surface area contributed by atoms with Crippen molar-refractivity contribution in [3.05, 3.63) is 0 Å². The van der Waals surface area contributed by atoms with E-state index in [4.69, 9.17) is 0 Å². The van der Waals surface area contributed by atoms with Crippen LogP contribution >= 0.6 is 0 Å². The van der Waals surface area contributed by atoms with Crippen molar-refractivity contribution in [2.24, 2.45) is 0 Å². The Balaban J connectivity index is 1.89. The summed E-state index contributed by atoms with van der Waals surface area (Å²) >= 11 is 0. The first-order valence-corrected chi connectivity index (χ1v) is 7.90. The molecular weight excluding hydrogens is 294 g/mol. The highest BCUT2D eigenvalue weighted by Gasteiger charge is 2.37. The van der Waals surface area contributed by atoms with Crippen LogP contribution in [0.4, 0.5) is 8.78 Å². The molecule has 22 heavy (non-hydrogen) atoms. The number of likely N-dealkylation sites (N-methyl/N-ethyl adjacent to an activating group) is 1. The van der Waals surface area contributed by atoms with Crippen LogP contribution in [0.5, 0.6) is 0 Å². The molecule has 2 fully saturated rings. The van der Waals surface area contributed by atoms with Crippen molar-refractivity contribution in [1.29, 1.82) is 0 Å². The summed E-state index contributed by atoms with van der Waals surface area (Å²) in [5.41, 5.74) is 0. The normalized spacial score (nSPS) is 26.6. The maximum absolute atomic E-state index is 13.2. The molecule has 1 saturated heterocycles. The smallest absolute Gasteiger partial charge is 0.251 e. The second-order valence-electron chi connectivity index (χ2n) is 6.36. The van der Waals surface area contributed by atoms with Crippen molar-refractivity contribution in [1.82, 2.24) is 9.80 Å². The summed E-state index contributed by atoms with van der Waals surface area (Å²) in [5.74, 6) is -3.28. The highest BCUT2D eigenvalue weighted by Crippen LogP contribution is 2.34. The molecule has 1 saturated carbocycles. The van der Waals surface area contributed by atoms with Gasteiger partial charge in [0.25, 0.3) is 5.91 Å². The molecule has 0 spiro atoms. The molecule has 1 aliphatic heterocycles. The van der Waals surface area contributed by atoms with E-state index in [0.717, 1.165) is 12.8 Å². The van der Waals surface area contributed by atoms with Gasteiger partial charge in [-0.1, -0.05) is 0 Å². The van der Waals surface area contributed by atoms with Gasteiger partial charge in [-0.05, 0) is 32.1 Å². The topological polar surface area (TPSA) is 60.9 Å². The van der Waals surface area contributed by atoms with Gasteiger partial charge < -0.3 is 14.9 Å². The Morgan fingerprint density at radius 1 is 1.32 bits per heavy atom. The molecule has 1 heterocycles. The fraction of sp³-hybridized carbons (Fsp3) is 0.867. The van der Waals surface area contributed by atoms with Crippen LogP contribution < -0.4 is 0 Å². The third kappa shape index (κ3) is 4.15. The third-order valence-electron chi connectivity index (χ3n) is 4.71. The molecule has 0 aromatic heterocycles. The third-order valence-corrected chi connectivity index (χ3v) is 4.71. The molecule has 0 radical (unpaired) electrons. The van der Waals surface area contributed by atoms with Gasteiger partial charge in [-0.25, -0.2) is 8.78 Å². The van der Waals surface area contributed by atoms with E-state index in [2.05, 4.69) is 0 Å². The van der Waals surface area contributed by atoms with Gasteiger partial charge in [-0.15, -0.1) is 0 Å². The number of carbonyl (C=O) groups is 2. The summed E-state index contributed by atoms with van der Waals surface area (Å²) in [7, 11) is 1.61. The Kier molecular flexibility index (Phi) is 5.36. The van der Waals surface area contributed by atoms with Crippen LogP contribution in [0.15, 0.2) is 0 Å². The first kappa shape index (κ1) is 17.1. The van der Waals surface area contributed by atoms with Gasteiger partial charge in [0.2, 0.25) is 11.8 Å². The molecule has 2 amide bonds. The summed E-state index contributed by atoms with van der Waals surface area (Å²) in [6.07, 6.45) is 1.08. The molecule has 5 nitrogen and oxygen atoms in total. The van der Waals surface area contributed by atoms with Gasteiger partial charge in [0, 0.05) is 32.5 Å². The van der Waals surface area contributed by atoms with E-state index in [9.17, 15) is 23.5 Å². The quantitative estimate of drug-likeness (QED) is 0.855. The largest absolute Gasteiger partial charge is 0.383 e. The van der Waals surface area contributed by atoms with E-state index >= 15 is 0 Å². The molecule has 126 valence electrons. The van der Waals surface area contributed by atoms with Gasteiger partial charge in [-0.2, -0.15) is 0 Å². The molecule has 1 aliphatic carbocycles. The van der Waals surface area contributed by atoms with Crippen LogP contribution in [-0.4, -0.2) is 64.9 Å². The number of rotatable bonds is 3. The molecule has 0 aromatic rings. The fourth-order valence-electron chi connectivity index (χ4n) is 3.13. The Labute approximate surface area is 129 Å². The number of aliphatic hydroxyl groups excluding tert-OH is 1. The van der Waals surface area contributed by atoms with Crippen molar-refractivity contribution >= 4 is 11.8 Å². The van der Waals surface area contributed by atoms with E-state index < -0.39 is 17.9 Å². The first-order chi connectivity index (χ1) is 10.3. The lowest BCUT2D eigenvalue weighted by Crippen LogP contribution is -2.48. The molecule has 1 N–H and O–H groups in total. The Bertz CT molecular complexity index is 421. The fourth-order valence-corrected chi connectivity index (χ4v) is 3.13. The van der Waals surface area contributed by atoms with E-state index in [1.165, 1.54) is 9.80 Å². The maximum Gasteiger partial charge on any atom is 0.251 e. The minimum Gasteiger partial charge on any atom is -0.383 e. The van der Waals surface area contributed by atoms with E-state index in [1.54, 1.807) is 7.05 Å². The van der Waals surface area contributed by atoms with Crippen molar-refractivity contribution in [3.63, 3.8) is 0 Å². The van der Waals surface area contributed by atoms with Gasteiger partial charge in [-0.3, -0.25) is 9.59 Å². The lowest BCUT2D eigenvalue weighted by atomic mass is 9.91. The van der Waals surface area contributed by atoms with Crippen LogP contribution in [0.1, 0.15) is 44.9 Å². The van der Waals surface area contributed by atoms with Crippen molar-refractivity contribution in [2.75, 3.05) is 20.1 Å². The van der Waals surface area contributed by atoms with Crippen LogP contribution in [0.2, 0.25) is 0 Å². The first-order valence-electron chi connectivity index (χ1n) is 7.90. The van der Waals surface area contributed by atoms with Gasteiger partial charge in [0.1, 0.15) is 6.10 Å². The average Bonchev–Trinajstić information content (AvgIpc) is 2.62. The number of hydrogen-bond acceptors (Lipinski definition) is 3. The average molecular weight is 318 g/mol. The maximum atomic E-state index is 13.2. The van der Waals surface area contributed by atoms with Crippen LogP contribution in [0, 0.1) is 0 Å². The summed E-state index contributed by atoms with van der Waals surface area (Å²) in [6, 6.07) is -0.195. The highest BCUT2D eigenvalue weighted by molar-refractivity contribution is 5.87. The van der Waals surface area contributed by atoms with E-state index in [0.29, 0.717) is 13.0 Å². The zero-order valence-corrected chi connectivity index (χ0v) is 12.9. The van der Waals surface area contributed by atoms with Crippen LogP contribution in [-0.2, 0) is 9.59 Å². The predicted octanol–water partition coefficient (Wildman–Crippen LogP) is 1.40. The number of alkyl halides is 2. The number of likely N-dealkylation sites (tertiary alicyclic amines) is 1. The lowest BCUT2D eigenvalue weighted by Gasteiger charge is -2.35. The van der Waals surface area contributed by atoms with Crippen molar-refractivity contribution < 1.29 is 23.5 Å². The number of carbonyl (C=O) groups excluding carboxylic acids is 2. The van der Waals surface area contributed by atoms with E-state index in [-0.39, 0.29) is 44.2 Å². The highest BCUT2D eigenvalue weighted by atomic mass is 19.3. The second kappa shape index (κ2) is 6.89. The molecule has 2 rings (SSSR count). The number of hydrogen-bond donors (Lipinski definition) is 1. The summed E-state index contributed by atoms with van der Waals surface area (Å²) in [6.45, 7) is 0.373. The summed E-state index contributed by atoms with van der Waals surface area (Å²) in [4.78, 5) is 27.1. The standard InChI is InChI=1S/C15H24F2N2O3/c1-18(11-5-7-15(16,17)8-6-11)13(21)10-19-9-3-2-4-12(20)14(19)22/h11-12,20H,2-10H2,1H3. The molecule has 0 aromatic carbocycles. The zero-order chi connectivity index (χ0) is 16.3. The SMILES string of the molecule is CN(C(=O)CN1CCCCC(O)C1=O)C1CCC(F)(F)CC1. The Morgan fingerprint density at radius 3 is 2.59 bits per heavy atom.